The third kappa shape index (κ3) is 1.39. The molecule has 4 N–H and O–H groups in total. The summed E-state index contributed by atoms with van der Waals surface area (Å²) < 4.78 is 0. The molecule has 1 heterocycles. The maximum atomic E-state index is 11.5. The maximum Gasteiger partial charge on any atom is 0.246 e. The highest BCUT2D eigenvalue weighted by atomic mass is 16.2. The summed E-state index contributed by atoms with van der Waals surface area (Å²) in [5.41, 5.74) is 8.05. The maximum absolute atomic E-state index is 11.5. The largest absolute Gasteiger partial charge is 0.399 e. The summed E-state index contributed by atoms with van der Waals surface area (Å²) in [5, 5.41) is 5.98. The van der Waals surface area contributed by atoms with Gasteiger partial charge in [0.1, 0.15) is 6.04 Å². The number of fused-ring (bicyclic) bond motifs is 1. The molecule has 1 aliphatic rings. The Morgan fingerprint density at radius 2 is 2.21 bits per heavy atom. The molecule has 0 radical (unpaired) electrons. The fourth-order valence-electron chi connectivity index (χ4n) is 1.55. The van der Waals surface area contributed by atoms with Gasteiger partial charge in [-0.2, -0.15) is 0 Å². The summed E-state index contributed by atoms with van der Waals surface area (Å²) in [5.74, 6) is 0.0183. The molecular weight excluding hydrogens is 178 g/mol. The van der Waals surface area contributed by atoms with Gasteiger partial charge in [0.05, 0.1) is 11.4 Å². The number of benzene rings is 1. The zero-order valence-electron chi connectivity index (χ0n) is 8.00. The second-order valence-corrected chi connectivity index (χ2v) is 3.40. The summed E-state index contributed by atoms with van der Waals surface area (Å²) in [4.78, 5) is 11.5. The first kappa shape index (κ1) is 8.87. The second-order valence-electron chi connectivity index (χ2n) is 3.40. The van der Waals surface area contributed by atoms with E-state index in [9.17, 15) is 4.79 Å². The van der Waals surface area contributed by atoms with Crippen LogP contribution in [0.4, 0.5) is 17.1 Å². The van der Waals surface area contributed by atoms with Crippen LogP contribution in [0.5, 0.6) is 0 Å². The smallest absolute Gasteiger partial charge is 0.246 e. The first-order valence-electron chi connectivity index (χ1n) is 4.67. The number of nitrogen functional groups attached to an aromatic ring is 1. The van der Waals surface area contributed by atoms with E-state index < -0.39 is 0 Å². The molecule has 1 aromatic rings. The summed E-state index contributed by atoms with van der Waals surface area (Å²) in [6.45, 7) is 1.97. The highest BCUT2D eigenvalue weighted by Crippen LogP contribution is 2.29. The first-order valence-corrected chi connectivity index (χ1v) is 4.67. The lowest BCUT2D eigenvalue weighted by Gasteiger charge is -2.26. The van der Waals surface area contributed by atoms with E-state index in [1.54, 1.807) is 12.1 Å². The molecule has 1 aromatic carbocycles. The summed E-state index contributed by atoms with van der Waals surface area (Å²) in [7, 11) is 0. The number of hydrogen-bond donors (Lipinski definition) is 3. The van der Waals surface area contributed by atoms with Gasteiger partial charge in [0.25, 0.3) is 0 Å². The molecule has 0 bridgehead atoms. The van der Waals surface area contributed by atoms with Crippen LogP contribution in [0.2, 0.25) is 0 Å². The summed E-state index contributed by atoms with van der Waals surface area (Å²) in [6.07, 6.45) is 0.764. The molecule has 74 valence electrons. The van der Waals surface area contributed by atoms with Crippen molar-refractivity contribution < 1.29 is 4.79 Å². The van der Waals surface area contributed by atoms with Gasteiger partial charge >= 0.3 is 0 Å². The highest BCUT2D eigenvalue weighted by Gasteiger charge is 2.23. The van der Waals surface area contributed by atoms with Crippen molar-refractivity contribution in [1.29, 1.82) is 0 Å². The Morgan fingerprint density at radius 1 is 1.43 bits per heavy atom. The molecule has 0 saturated heterocycles. The zero-order valence-corrected chi connectivity index (χ0v) is 8.00. The molecule has 1 aliphatic heterocycles. The number of carbonyl (C=O) groups excluding carboxylic acids is 1. The zero-order chi connectivity index (χ0) is 10.1. The predicted octanol–water partition coefficient (Wildman–Crippen LogP) is 1.41. The number of anilines is 3. The molecule has 4 nitrogen and oxygen atoms in total. The van der Waals surface area contributed by atoms with Gasteiger partial charge in [0, 0.05) is 5.69 Å². The van der Waals surface area contributed by atoms with E-state index in [0.29, 0.717) is 5.69 Å². The van der Waals surface area contributed by atoms with Crippen molar-refractivity contribution in [3.05, 3.63) is 18.2 Å². The van der Waals surface area contributed by atoms with Gasteiger partial charge in [-0.25, -0.2) is 0 Å². The van der Waals surface area contributed by atoms with E-state index in [4.69, 9.17) is 5.73 Å². The van der Waals surface area contributed by atoms with Gasteiger partial charge in [-0.05, 0) is 24.6 Å². The highest BCUT2D eigenvalue weighted by molar-refractivity contribution is 6.03. The Kier molecular flexibility index (Phi) is 2.04. The van der Waals surface area contributed by atoms with Gasteiger partial charge in [-0.15, -0.1) is 0 Å². The molecule has 0 spiro atoms. The molecule has 2 rings (SSSR count). The molecule has 14 heavy (non-hydrogen) atoms. The van der Waals surface area contributed by atoms with Crippen LogP contribution in [-0.2, 0) is 4.79 Å². The van der Waals surface area contributed by atoms with Gasteiger partial charge in [-0.3, -0.25) is 4.79 Å². The van der Waals surface area contributed by atoms with Crippen molar-refractivity contribution in [2.75, 3.05) is 16.4 Å². The van der Waals surface area contributed by atoms with Gasteiger partial charge in [0.15, 0.2) is 0 Å². The van der Waals surface area contributed by atoms with E-state index in [1.165, 1.54) is 0 Å². The first-order chi connectivity index (χ1) is 6.70. The lowest BCUT2D eigenvalue weighted by molar-refractivity contribution is -0.117. The minimum atomic E-state index is -0.149. The predicted molar refractivity (Wildman–Crippen MR) is 57.2 cm³/mol. The van der Waals surface area contributed by atoms with Gasteiger partial charge in [0.2, 0.25) is 5.91 Å². The van der Waals surface area contributed by atoms with E-state index >= 15 is 0 Å². The van der Waals surface area contributed by atoms with Crippen LogP contribution in [0.1, 0.15) is 13.3 Å². The Balaban J connectivity index is 2.36. The van der Waals surface area contributed by atoms with Crippen molar-refractivity contribution in [2.45, 2.75) is 19.4 Å². The fraction of sp³-hybridized carbons (Fsp3) is 0.300. The second kappa shape index (κ2) is 3.21. The van der Waals surface area contributed by atoms with Crippen molar-refractivity contribution in [3.8, 4) is 0 Å². The average Bonchev–Trinajstić information content (AvgIpc) is 2.17. The Morgan fingerprint density at radius 3 is 2.93 bits per heavy atom. The van der Waals surface area contributed by atoms with E-state index in [0.717, 1.165) is 17.8 Å². The molecule has 0 aliphatic carbocycles. The monoisotopic (exact) mass is 191 g/mol. The van der Waals surface area contributed by atoms with E-state index in [2.05, 4.69) is 10.6 Å². The molecule has 1 amide bonds. The van der Waals surface area contributed by atoms with E-state index in [-0.39, 0.29) is 11.9 Å². The quantitative estimate of drug-likeness (QED) is 0.588. The lowest BCUT2D eigenvalue weighted by Crippen LogP contribution is -2.38. The molecule has 1 unspecified atom stereocenters. The van der Waals surface area contributed by atoms with Crippen molar-refractivity contribution >= 4 is 23.0 Å². The summed E-state index contributed by atoms with van der Waals surface area (Å²) >= 11 is 0. The van der Waals surface area contributed by atoms with Crippen LogP contribution in [0.3, 0.4) is 0 Å². The van der Waals surface area contributed by atoms with Crippen LogP contribution >= 0.6 is 0 Å². The lowest BCUT2D eigenvalue weighted by atomic mass is 10.1. The number of amides is 1. The van der Waals surface area contributed by atoms with Gasteiger partial charge in [-0.1, -0.05) is 6.92 Å². The molecule has 0 fully saturated rings. The Labute approximate surface area is 82.5 Å². The average molecular weight is 191 g/mol. The molecular formula is C10H13N3O. The molecule has 4 heteroatoms. The van der Waals surface area contributed by atoms with Crippen LogP contribution in [0, 0.1) is 0 Å². The normalized spacial score (nSPS) is 19.5. The molecule has 0 aromatic heterocycles. The van der Waals surface area contributed by atoms with Crippen molar-refractivity contribution in [2.24, 2.45) is 0 Å². The van der Waals surface area contributed by atoms with Crippen molar-refractivity contribution in [3.63, 3.8) is 0 Å². The van der Waals surface area contributed by atoms with Crippen LogP contribution in [-0.4, -0.2) is 11.9 Å². The minimum Gasteiger partial charge on any atom is -0.399 e. The topological polar surface area (TPSA) is 67.2 Å². The third-order valence-corrected chi connectivity index (χ3v) is 2.36. The van der Waals surface area contributed by atoms with Crippen molar-refractivity contribution in [1.82, 2.24) is 0 Å². The Hall–Kier alpha value is -1.71. The number of carbonyl (C=O) groups is 1. The summed E-state index contributed by atoms with van der Waals surface area (Å²) in [6, 6.07) is 5.26. The molecule has 1 atom stereocenters. The van der Waals surface area contributed by atoms with Crippen LogP contribution in [0.25, 0.3) is 0 Å². The standard InChI is InChI=1S/C10H13N3O/c1-2-7-10(14)13-8-4-3-6(11)5-9(8)12-7/h3-5,7,12H,2,11H2,1H3,(H,13,14). The number of hydrogen-bond acceptors (Lipinski definition) is 3. The van der Waals surface area contributed by atoms with Crippen LogP contribution in [0.15, 0.2) is 18.2 Å². The molecule has 0 saturated carbocycles. The number of rotatable bonds is 1. The fourth-order valence-corrected chi connectivity index (χ4v) is 1.55. The number of nitrogens with two attached hydrogens (primary N) is 1. The minimum absolute atomic E-state index is 0.0183. The Bertz CT molecular complexity index is 376. The SMILES string of the molecule is CCC1Nc2cc(N)ccc2NC1=O. The van der Waals surface area contributed by atoms with E-state index in [1.807, 2.05) is 13.0 Å². The third-order valence-electron chi connectivity index (χ3n) is 2.36. The van der Waals surface area contributed by atoms with Crippen LogP contribution < -0.4 is 16.4 Å². The number of nitrogens with one attached hydrogen (secondary N) is 2. The van der Waals surface area contributed by atoms with Gasteiger partial charge < -0.3 is 16.4 Å².